The molecule has 8 heteroatoms. The Bertz CT molecular complexity index is 1330. The van der Waals surface area contributed by atoms with E-state index in [1.165, 1.54) is 0 Å². The first-order chi connectivity index (χ1) is 14.3. The third-order valence-electron chi connectivity index (χ3n) is 5.57. The third-order valence-corrected chi connectivity index (χ3v) is 5.57. The monoisotopic (exact) mass is 403 g/mol. The lowest BCUT2D eigenvalue weighted by Gasteiger charge is -2.40. The predicted octanol–water partition coefficient (Wildman–Crippen LogP) is 2.21. The van der Waals surface area contributed by atoms with Gasteiger partial charge in [0.15, 0.2) is 5.65 Å². The lowest BCUT2D eigenvalue weighted by molar-refractivity contribution is 0.353. The molecule has 1 saturated heterocycles. The maximum atomic E-state index is 12.9. The van der Waals surface area contributed by atoms with E-state index in [0.717, 1.165) is 42.2 Å². The second kappa shape index (κ2) is 6.63. The molecule has 1 aliphatic rings. The van der Waals surface area contributed by atoms with Crippen LogP contribution in [0.1, 0.15) is 25.1 Å². The van der Waals surface area contributed by atoms with Crippen LogP contribution in [0.2, 0.25) is 0 Å². The molecule has 1 aliphatic heterocycles. The van der Waals surface area contributed by atoms with Crippen LogP contribution >= 0.6 is 0 Å². The van der Waals surface area contributed by atoms with Crippen molar-refractivity contribution < 1.29 is 0 Å². The van der Waals surface area contributed by atoms with Gasteiger partial charge in [0, 0.05) is 37.4 Å². The predicted molar refractivity (Wildman–Crippen MR) is 117 cm³/mol. The van der Waals surface area contributed by atoms with Gasteiger partial charge in [0.25, 0.3) is 5.56 Å². The first-order valence-electron chi connectivity index (χ1n) is 10.2. The Morgan fingerprint density at radius 1 is 1.07 bits per heavy atom. The van der Waals surface area contributed by atoms with E-state index in [2.05, 4.69) is 34.1 Å². The Morgan fingerprint density at radius 3 is 2.70 bits per heavy atom. The van der Waals surface area contributed by atoms with Crippen molar-refractivity contribution in [3.05, 3.63) is 58.3 Å². The molecule has 0 aliphatic carbocycles. The molecule has 0 amide bonds. The van der Waals surface area contributed by atoms with Crippen LogP contribution in [0.15, 0.2) is 41.5 Å². The topological polar surface area (TPSA) is 79.8 Å². The van der Waals surface area contributed by atoms with Gasteiger partial charge in [0.1, 0.15) is 11.3 Å². The number of nitrogens with one attached hydrogen (secondary N) is 1. The number of hydrogen-bond donors (Lipinski definition) is 1. The standard InChI is InChI=1S/C22H25N7O/c1-14-9-18(26-29-11-15(2)24-21(14)29)17-10-20(30)28-12-16(5-6-19(28)25-17)27-8-7-23-22(3,4)13-27/h5-6,9-12,23H,7-8,13H2,1-4H3. The molecule has 30 heavy (non-hydrogen) atoms. The normalized spacial score (nSPS) is 16.5. The van der Waals surface area contributed by atoms with E-state index in [4.69, 9.17) is 4.98 Å². The van der Waals surface area contributed by atoms with Crippen LogP contribution in [0.25, 0.3) is 22.7 Å². The van der Waals surface area contributed by atoms with Gasteiger partial charge in [-0.05, 0) is 51.5 Å². The fourth-order valence-corrected chi connectivity index (χ4v) is 4.14. The van der Waals surface area contributed by atoms with Crippen molar-refractivity contribution >= 4 is 17.0 Å². The minimum absolute atomic E-state index is 0.0358. The molecule has 0 radical (unpaired) electrons. The zero-order valence-electron chi connectivity index (χ0n) is 17.7. The number of aromatic nitrogens is 5. The average Bonchev–Trinajstić information content (AvgIpc) is 3.08. The summed E-state index contributed by atoms with van der Waals surface area (Å²) in [5.41, 5.74) is 5.48. The van der Waals surface area contributed by atoms with Crippen molar-refractivity contribution in [1.82, 2.24) is 29.3 Å². The number of piperazine rings is 1. The Morgan fingerprint density at radius 2 is 1.90 bits per heavy atom. The van der Waals surface area contributed by atoms with Gasteiger partial charge >= 0.3 is 0 Å². The number of pyridine rings is 1. The molecule has 1 N–H and O–H groups in total. The highest BCUT2D eigenvalue weighted by molar-refractivity contribution is 5.62. The number of nitrogens with zero attached hydrogens (tertiary/aromatic N) is 6. The van der Waals surface area contributed by atoms with Crippen LogP contribution in [0.4, 0.5) is 5.69 Å². The summed E-state index contributed by atoms with van der Waals surface area (Å²) in [5.74, 6) is 0. The first-order valence-corrected chi connectivity index (χ1v) is 10.2. The summed E-state index contributed by atoms with van der Waals surface area (Å²) >= 11 is 0. The Kier molecular flexibility index (Phi) is 4.14. The van der Waals surface area contributed by atoms with Gasteiger partial charge in [-0.2, -0.15) is 5.10 Å². The molecule has 5 heterocycles. The molecule has 0 unspecified atom stereocenters. The zero-order chi connectivity index (χ0) is 21.0. The highest BCUT2D eigenvalue weighted by Crippen LogP contribution is 2.22. The van der Waals surface area contributed by atoms with Crippen LogP contribution in [-0.2, 0) is 0 Å². The first kappa shape index (κ1) is 18.7. The second-order valence-electron chi connectivity index (χ2n) is 8.69. The molecule has 0 bridgehead atoms. The maximum Gasteiger partial charge on any atom is 0.258 e. The maximum absolute atomic E-state index is 12.9. The number of anilines is 1. The van der Waals surface area contributed by atoms with E-state index in [0.29, 0.717) is 17.0 Å². The lowest BCUT2D eigenvalue weighted by Crippen LogP contribution is -2.57. The summed E-state index contributed by atoms with van der Waals surface area (Å²) in [4.78, 5) is 24.4. The fraction of sp³-hybridized carbons (Fsp3) is 0.364. The molecular formula is C22H25N7O. The minimum atomic E-state index is -0.118. The van der Waals surface area contributed by atoms with Gasteiger partial charge in [-0.15, -0.1) is 0 Å². The number of hydrogen-bond acceptors (Lipinski definition) is 6. The summed E-state index contributed by atoms with van der Waals surface area (Å²) in [6.07, 6.45) is 3.76. The Hall–Kier alpha value is -3.26. The van der Waals surface area contributed by atoms with E-state index < -0.39 is 0 Å². The number of fused-ring (bicyclic) bond motifs is 2. The Labute approximate surface area is 174 Å². The van der Waals surface area contributed by atoms with Crippen LogP contribution in [0.3, 0.4) is 0 Å². The summed E-state index contributed by atoms with van der Waals surface area (Å²) in [6.45, 7) is 11.0. The quantitative estimate of drug-likeness (QED) is 0.553. The summed E-state index contributed by atoms with van der Waals surface area (Å²) in [6, 6.07) is 7.42. The van der Waals surface area contributed by atoms with E-state index >= 15 is 0 Å². The van der Waals surface area contributed by atoms with Crippen molar-refractivity contribution in [1.29, 1.82) is 0 Å². The number of rotatable bonds is 2. The molecule has 0 spiro atoms. The molecule has 8 nitrogen and oxygen atoms in total. The molecule has 0 aromatic carbocycles. The highest BCUT2D eigenvalue weighted by atomic mass is 16.1. The van der Waals surface area contributed by atoms with E-state index in [9.17, 15) is 4.79 Å². The van der Waals surface area contributed by atoms with E-state index in [1.54, 1.807) is 15.0 Å². The Balaban J connectivity index is 1.57. The van der Waals surface area contributed by atoms with E-state index in [-0.39, 0.29) is 11.1 Å². The van der Waals surface area contributed by atoms with Crippen molar-refractivity contribution in [2.45, 2.75) is 33.2 Å². The van der Waals surface area contributed by atoms with Crippen molar-refractivity contribution in [2.75, 3.05) is 24.5 Å². The average molecular weight is 403 g/mol. The highest BCUT2D eigenvalue weighted by Gasteiger charge is 2.26. The van der Waals surface area contributed by atoms with Crippen LogP contribution in [0, 0.1) is 13.8 Å². The van der Waals surface area contributed by atoms with Crippen molar-refractivity contribution in [3.63, 3.8) is 0 Å². The number of imidazole rings is 1. The largest absolute Gasteiger partial charge is 0.367 e. The van der Waals surface area contributed by atoms with Gasteiger partial charge < -0.3 is 10.2 Å². The van der Waals surface area contributed by atoms with Crippen molar-refractivity contribution in [2.24, 2.45) is 0 Å². The molecule has 0 atom stereocenters. The molecule has 1 fully saturated rings. The van der Waals surface area contributed by atoms with Crippen LogP contribution < -0.4 is 15.8 Å². The zero-order valence-corrected chi connectivity index (χ0v) is 17.7. The van der Waals surface area contributed by atoms with Crippen molar-refractivity contribution in [3.8, 4) is 11.4 Å². The lowest BCUT2D eigenvalue weighted by atomic mass is 10.0. The second-order valence-corrected chi connectivity index (χ2v) is 8.69. The molecule has 154 valence electrons. The fourth-order valence-electron chi connectivity index (χ4n) is 4.14. The third kappa shape index (κ3) is 3.23. The smallest absolute Gasteiger partial charge is 0.258 e. The summed E-state index contributed by atoms with van der Waals surface area (Å²) in [7, 11) is 0. The minimum Gasteiger partial charge on any atom is -0.367 e. The van der Waals surface area contributed by atoms with Gasteiger partial charge in [-0.1, -0.05) is 0 Å². The van der Waals surface area contributed by atoms with Gasteiger partial charge in [0.2, 0.25) is 0 Å². The molecular weight excluding hydrogens is 378 g/mol. The van der Waals surface area contributed by atoms with Gasteiger partial charge in [0.05, 0.1) is 23.3 Å². The van der Waals surface area contributed by atoms with Gasteiger partial charge in [-0.25, -0.2) is 14.5 Å². The molecule has 4 aromatic heterocycles. The van der Waals surface area contributed by atoms with Crippen LogP contribution in [0.5, 0.6) is 0 Å². The summed E-state index contributed by atoms with van der Waals surface area (Å²) < 4.78 is 3.36. The number of aryl methyl sites for hydroxylation is 2. The molecule has 0 saturated carbocycles. The van der Waals surface area contributed by atoms with Gasteiger partial charge in [-0.3, -0.25) is 9.20 Å². The molecule has 4 aromatic rings. The SMILES string of the molecule is Cc1cn2nc(-c3cc(=O)n4cc(N5CCNC(C)(C)C5)ccc4n3)cc(C)c2n1. The van der Waals surface area contributed by atoms with E-state index in [1.807, 2.05) is 44.4 Å². The summed E-state index contributed by atoms with van der Waals surface area (Å²) in [5, 5.41) is 8.13. The molecule has 5 rings (SSSR count). The van der Waals surface area contributed by atoms with Crippen LogP contribution in [-0.4, -0.2) is 49.2 Å².